The fourth-order valence-corrected chi connectivity index (χ4v) is 2.71. The highest BCUT2D eigenvalue weighted by atomic mass is 16.5. The van der Waals surface area contributed by atoms with Gasteiger partial charge in [-0.1, -0.05) is 25.1 Å². The highest BCUT2D eigenvalue weighted by Gasteiger charge is 2.29. The molecule has 3 rings (SSSR count). The fourth-order valence-electron chi connectivity index (χ4n) is 2.71. The van der Waals surface area contributed by atoms with E-state index >= 15 is 0 Å². The first-order chi connectivity index (χ1) is 8.34. The molecule has 1 aliphatic heterocycles. The van der Waals surface area contributed by atoms with Crippen LogP contribution in [0, 0.1) is 11.8 Å². The molecule has 2 heteroatoms. The van der Waals surface area contributed by atoms with Crippen LogP contribution in [0.4, 0.5) is 0 Å². The van der Waals surface area contributed by atoms with Gasteiger partial charge in [-0.05, 0) is 37.3 Å². The highest BCUT2D eigenvalue weighted by Crippen LogP contribution is 2.37. The van der Waals surface area contributed by atoms with Gasteiger partial charge in [-0.25, -0.2) is 0 Å². The van der Waals surface area contributed by atoms with E-state index in [1.807, 2.05) is 6.07 Å². The van der Waals surface area contributed by atoms with E-state index < -0.39 is 0 Å². The first kappa shape index (κ1) is 11.1. The molecule has 17 heavy (non-hydrogen) atoms. The predicted octanol–water partition coefficient (Wildman–Crippen LogP) is 3.15. The van der Waals surface area contributed by atoms with Crippen molar-refractivity contribution in [1.29, 1.82) is 0 Å². The number of fused-ring (bicyclic) bond motifs is 1. The third kappa shape index (κ3) is 2.47. The molecule has 0 spiro atoms. The summed E-state index contributed by atoms with van der Waals surface area (Å²) in [5.41, 5.74) is 1.33. The molecule has 0 amide bonds. The quantitative estimate of drug-likeness (QED) is 0.859. The Labute approximate surface area is 103 Å². The Hall–Kier alpha value is -1.02. The maximum atomic E-state index is 5.68. The van der Waals surface area contributed by atoms with Gasteiger partial charge in [-0.15, -0.1) is 0 Å². The number of ether oxygens (including phenoxy) is 1. The van der Waals surface area contributed by atoms with Gasteiger partial charge in [0.15, 0.2) is 0 Å². The van der Waals surface area contributed by atoms with Gasteiger partial charge < -0.3 is 10.1 Å². The van der Waals surface area contributed by atoms with Gasteiger partial charge in [0.2, 0.25) is 0 Å². The molecule has 92 valence electrons. The number of rotatable bonds is 4. The van der Waals surface area contributed by atoms with E-state index in [4.69, 9.17) is 4.74 Å². The molecule has 2 unspecified atom stereocenters. The van der Waals surface area contributed by atoms with Crippen molar-refractivity contribution in [3.8, 4) is 5.75 Å². The zero-order chi connectivity index (χ0) is 11.7. The molecule has 0 radical (unpaired) electrons. The minimum Gasteiger partial charge on any atom is -0.493 e. The molecule has 2 aliphatic rings. The Balaban J connectivity index is 1.63. The monoisotopic (exact) mass is 231 g/mol. The van der Waals surface area contributed by atoms with E-state index in [0.29, 0.717) is 6.04 Å². The lowest BCUT2D eigenvalue weighted by molar-refractivity contribution is 0.247. The molecule has 1 heterocycles. The fraction of sp³-hybridized carbons (Fsp3) is 0.600. The third-order valence-corrected chi connectivity index (χ3v) is 4.07. The van der Waals surface area contributed by atoms with Crippen molar-refractivity contribution in [2.24, 2.45) is 11.8 Å². The van der Waals surface area contributed by atoms with Crippen molar-refractivity contribution in [2.75, 3.05) is 13.2 Å². The Kier molecular flexibility index (Phi) is 3.06. The Bertz CT molecular complexity index is 386. The molecule has 2 atom stereocenters. The topological polar surface area (TPSA) is 21.3 Å². The predicted molar refractivity (Wildman–Crippen MR) is 69.2 cm³/mol. The van der Waals surface area contributed by atoms with Gasteiger partial charge in [-0.2, -0.15) is 0 Å². The SMILES string of the molecule is CC(CNC1CCOc2ccccc21)C1CC1. The lowest BCUT2D eigenvalue weighted by Crippen LogP contribution is -2.30. The molecule has 2 nitrogen and oxygen atoms in total. The van der Waals surface area contributed by atoms with Crippen molar-refractivity contribution in [1.82, 2.24) is 5.32 Å². The second-order valence-corrected chi connectivity index (χ2v) is 5.45. The van der Waals surface area contributed by atoms with Gasteiger partial charge in [0.1, 0.15) is 5.75 Å². The number of hydrogen-bond acceptors (Lipinski definition) is 2. The molecule has 0 saturated heterocycles. The van der Waals surface area contributed by atoms with Crippen LogP contribution in [-0.4, -0.2) is 13.2 Å². The van der Waals surface area contributed by atoms with Gasteiger partial charge in [0.05, 0.1) is 6.61 Å². The standard InChI is InChI=1S/C15H21NO/c1-11(12-6-7-12)10-16-14-8-9-17-15-5-3-2-4-13(14)15/h2-5,11-12,14,16H,6-10H2,1H3. The summed E-state index contributed by atoms with van der Waals surface area (Å²) >= 11 is 0. The van der Waals surface area contributed by atoms with Crippen LogP contribution in [0.5, 0.6) is 5.75 Å². The summed E-state index contributed by atoms with van der Waals surface area (Å²) in [6.07, 6.45) is 3.97. The van der Waals surface area contributed by atoms with Crippen molar-refractivity contribution < 1.29 is 4.74 Å². The molecule has 1 fully saturated rings. The maximum Gasteiger partial charge on any atom is 0.124 e. The number of para-hydroxylation sites is 1. The van der Waals surface area contributed by atoms with Crippen LogP contribution in [0.2, 0.25) is 0 Å². The molecule has 1 N–H and O–H groups in total. The molecule has 1 aromatic rings. The van der Waals surface area contributed by atoms with E-state index in [9.17, 15) is 0 Å². The minimum absolute atomic E-state index is 0.487. The zero-order valence-electron chi connectivity index (χ0n) is 10.5. The van der Waals surface area contributed by atoms with Gasteiger partial charge in [-0.3, -0.25) is 0 Å². The zero-order valence-corrected chi connectivity index (χ0v) is 10.5. The molecule has 0 bridgehead atoms. The average Bonchev–Trinajstić information content (AvgIpc) is 3.20. The molecular weight excluding hydrogens is 210 g/mol. The Morgan fingerprint density at radius 1 is 1.29 bits per heavy atom. The average molecular weight is 231 g/mol. The van der Waals surface area contributed by atoms with Crippen LogP contribution in [0.15, 0.2) is 24.3 Å². The molecule has 0 aromatic heterocycles. The Morgan fingerprint density at radius 2 is 2.12 bits per heavy atom. The van der Waals surface area contributed by atoms with Gasteiger partial charge in [0.25, 0.3) is 0 Å². The molecule has 1 aromatic carbocycles. The van der Waals surface area contributed by atoms with Gasteiger partial charge in [0, 0.05) is 18.0 Å². The number of benzene rings is 1. The highest BCUT2D eigenvalue weighted by molar-refractivity contribution is 5.37. The summed E-state index contributed by atoms with van der Waals surface area (Å²) in [5.74, 6) is 2.87. The summed E-state index contributed by atoms with van der Waals surface area (Å²) in [6, 6.07) is 8.91. The van der Waals surface area contributed by atoms with Crippen molar-refractivity contribution in [3.63, 3.8) is 0 Å². The van der Waals surface area contributed by atoms with E-state index in [0.717, 1.165) is 37.2 Å². The Morgan fingerprint density at radius 3 is 2.94 bits per heavy atom. The van der Waals surface area contributed by atoms with E-state index in [2.05, 4.69) is 30.4 Å². The van der Waals surface area contributed by atoms with Crippen molar-refractivity contribution in [2.45, 2.75) is 32.2 Å². The lowest BCUT2D eigenvalue weighted by Gasteiger charge is -2.27. The molecule has 1 saturated carbocycles. The first-order valence-corrected chi connectivity index (χ1v) is 6.79. The smallest absolute Gasteiger partial charge is 0.124 e. The van der Waals surface area contributed by atoms with Crippen LogP contribution in [0.3, 0.4) is 0 Å². The van der Waals surface area contributed by atoms with Crippen LogP contribution < -0.4 is 10.1 Å². The second-order valence-electron chi connectivity index (χ2n) is 5.45. The van der Waals surface area contributed by atoms with E-state index in [1.54, 1.807) is 0 Å². The molecule has 1 aliphatic carbocycles. The van der Waals surface area contributed by atoms with Crippen LogP contribution in [0.1, 0.15) is 37.8 Å². The lowest BCUT2D eigenvalue weighted by atomic mass is 9.99. The summed E-state index contributed by atoms with van der Waals surface area (Å²) in [6.45, 7) is 4.35. The minimum atomic E-state index is 0.487. The van der Waals surface area contributed by atoms with E-state index in [1.165, 1.54) is 18.4 Å². The van der Waals surface area contributed by atoms with Crippen molar-refractivity contribution >= 4 is 0 Å². The van der Waals surface area contributed by atoms with E-state index in [-0.39, 0.29) is 0 Å². The van der Waals surface area contributed by atoms with Crippen molar-refractivity contribution in [3.05, 3.63) is 29.8 Å². The number of hydrogen-bond donors (Lipinski definition) is 1. The first-order valence-electron chi connectivity index (χ1n) is 6.79. The number of nitrogens with one attached hydrogen (secondary N) is 1. The second kappa shape index (κ2) is 4.69. The van der Waals surface area contributed by atoms with Crippen LogP contribution in [0.25, 0.3) is 0 Å². The largest absolute Gasteiger partial charge is 0.493 e. The summed E-state index contributed by atoms with van der Waals surface area (Å²) < 4.78 is 5.68. The third-order valence-electron chi connectivity index (χ3n) is 4.07. The van der Waals surface area contributed by atoms with Gasteiger partial charge >= 0.3 is 0 Å². The summed E-state index contributed by atoms with van der Waals surface area (Å²) in [5, 5.41) is 3.72. The summed E-state index contributed by atoms with van der Waals surface area (Å²) in [7, 11) is 0. The van der Waals surface area contributed by atoms with Crippen LogP contribution >= 0.6 is 0 Å². The van der Waals surface area contributed by atoms with Crippen LogP contribution in [-0.2, 0) is 0 Å². The maximum absolute atomic E-state index is 5.68. The molecular formula is C15H21NO. The normalized spacial score (nSPS) is 24.9. The summed E-state index contributed by atoms with van der Waals surface area (Å²) in [4.78, 5) is 0.